The second-order valence-corrected chi connectivity index (χ2v) is 9.35. The van der Waals surface area contributed by atoms with E-state index in [4.69, 9.17) is 0 Å². The highest BCUT2D eigenvalue weighted by Crippen LogP contribution is 2.22. The number of hydrogen-bond acceptors (Lipinski definition) is 2. The maximum absolute atomic E-state index is 2.63. The maximum atomic E-state index is 2.63. The molecule has 0 spiro atoms. The van der Waals surface area contributed by atoms with Gasteiger partial charge in [-0.1, -0.05) is 124 Å². The fraction of sp³-hybridized carbons (Fsp3) is 0.926. The summed E-state index contributed by atoms with van der Waals surface area (Å²) in [4.78, 5) is 5.24. The van der Waals surface area contributed by atoms with E-state index in [9.17, 15) is 0 Å². The third-order valence-corrected chi connectivity index (χ3v) is 6.55. The molecule has 0 amide bonds. The van der Waals surface area contributed by atoms with Crippen LogP contribution in [0.2, 0.25) is 0 Å². The molecule has 1 aliphatic heterocycles. The van der Waals surface area contributed by atoms with Crippen molar-refractivity contribution >= 4 is 0 Å². The first-order valence-electron chi connectivity index (χ1n) is 13.5. The molecule has 0 bridgehead atoms. The Hall–Kier alpha value is -0.660. The third kappa shape index (κ3) is 13.3. The highest BCUT2D eigenvalue weighted by atomic mass is 15.4. The Morgan fingerprint density at radius 1 is 0.448 bits per heavy atom. The van der Waals surface area contributed by atoms with Crippen LogP contribution in [0.3, 0.4) is 0 Å². The van der Waals surface area contributed by atoms with Gasteiger partial charge in [-0.05, 0) is 19.3 Å². The molecule has 0 aromatic carbocycles. The standard InChI is InChI=1S/C27H54N2/c1-4-7-9-11-12-13-14-15-16-17-18-19-21-24-29-26-25-28(27(29)22-6-3)23-20-10-8-5-2/h25-27H,4-24H2,1-3H3. The highest BCUT2D eigenvalue weighted by Gasteiger charge is 2.24. The zero-order valence-electron chi connectivity index (χ0n) is 20.5. The van der Waals surface area contributed by atoms with E-state index < -0.39 is 0 Å². The minimum Gasteiger partial charge on any atom is -0.356 e. The molecule has 1 atom stereocenters. The van der Waals surface area contributed by atoms with Crippen molar-refractivity contribution in [1.82, 2.24) is 9.80 Å². The van der Waals surface area contributed by atoms with Crippen LogP contribution in [0.25, 0.3) is 0 Å². The lowest BCUT2D eigenvalue weighted by Crippen LogP contribution is -2.39. The summed E-state index contributed by atoms with van der Waals surface area (Å²) in [6, 6.07) is 0. The van der Waals surface area contributed by atoms with Crippen LogP contribution < -0.4 is 0 Å². The zero-order valence-corrected chi connectivity index (χ0v) is 20.5. The Bertz CT molecular complexity index is 366. The topological polar surface area (TPSA) is 6.48 Å². The van der Waals surface area contributed by atoms with Gasteiger partial charge in [-0.3, -0.25) is 0 Å². The van der Waals surface area contributed by atoms with Gasteiger partial charge >= 0.3 is 0 Å². The van der Waals surface area contributed by atoms with Crippen LogP contribution in [0.4, 0.5) is 0 Å². The largest absolute Gasteiger partial charge is 0.356 e. The Balaban J connectivity index is 1.99. The predicted octanol–water partition coefficient (Wildman–Crippen LogP) is 8.87. The predicted molar refractivity (Wildman–Crippen MR) is 131 cm³/mol. The fourth-order valence-electron chi connectivity index (χ4n) is 4.63. The molecule has 0 saturated carbocycles. The number of unbranched alkanes of at least 4 members (excludes halogenated alkanes) is 15. The summed E-state index contributed by atoms with van der Waals surface area (Å²) < 4.78 is 0. The quantitative estimate of drug-likeness (QED) is 0.176. The van der Waals surface area contributed by atoms with E-state index in [-0.39, 0.29) is 0 Å². The van der Waals surface area contributed by atoms with Crippen molar-refractivity contribution in [2.24, 2.45) is 0 Å². The van der Waals surface area contributed by atoms with Crippen molar-refractivity contribution in [2.75, 3.05) is 13.1 Å². The van der Waals surface area contributed by atoms with Gasteiger partial charge in [0.05, 0.1) is 0 Å². The van der Waals surface area contributed by atoms with Crippen LogP contribution in [-0.2, 0) is 0 Å². The molecule has 0 radical (unpaired) electrons. The van der Waals surface area contributed by atoms with Gasteiger partial charge in [0.2, 0.25) is 0 Å². The van der Waals surface area contributed by atoms with E-state index >= 15 is 0 Å². The van der Waals surface area contributed by atoms with Crippen molar-refractivity contribution in [2.45, 2.75) is 149 Å². The van der Waals surface area contributed by atoms with Gasteiger partial charge in [-0.15, -0.1) is 0 Å². The molecule has 29 heavy (non-hydrogen) atoms. The summed E-state index contributed by atoms with van der Waals surface area (Å²) in [7, 11) is 0. The third-order valence-electron chi connectivity index (χ3n) is 6.55. The molecule has 0 aromatic rings. The molecule has 0 N–H and O–H groups in total. The Labute approximate surface area is 184 Å². The summed E-state index contributed by atoms with van der Waals surface area (Å²) in [6.45, 7) is 9.43. The molecule has 0 saturated heterocycles. The van der Waals surface area contributed by atoms with Gasteiger partial charge in [-0.25, -0.2) is 0 Å². The first kappa shape index (κ1) is 26.4. The second kappa shape index (κ2) is 19.3. The Kier molecular flexibility index (Phi) is 17.6. The van der Waals surface area contributed by atoms with Crippen LogP contribution >= 0.6 is 0 Å². The van der Waals surface area contributed by atoms with Gasteiger partial charge in [0, 0.05) is 25.5 Å². The van der Waals surface area contributed by atoms with E-state index in [1.165, 1.54) is 135 Å². The van der Waals surface area contributed by atoms with E-state index in [1.807, 2.05) is 0 Å². The number of hydrogen-bond donors (Lipinski definition) is 0. The average molecular weight is 407 g/mol. The van der Waals surface area contributed by atoms with Crippen LogP contribution in [-0.4, -0.2) is 29.1 Å². The molecule has 1 heterocycles. The monoisotopic (exact) mass is 406 g/mol. The van der Waals surface area contributed by atoms with Gasteiger partial charge in [0.25, 0.3) is 0 Å². The van der Waals surface area contributed by atoms with Crippen molar-refractivity contribution in [3.63, 3.8) is 0 Å². The van der Waals surface area contributed by atoms with Gasteiger partial charge in [0.1, 0.15) is 6.17 Å². The minimum absolute atomic E-state index is 0.638. The first-order valence-corrected chi connectivity index (χ1v) is 13.5. The first-order chi connectivity index (χ1) is 14.3. The van der Waals surface area contributed by atoms with Gasteiger partial charge in [-0.2, -0.15) is 0 Å². The molecule has 1 rings (SSSR count). The summed E-state index contributed by atoms with van der Waals surface area (Å²) in [6.07, 6.45) is 32.2. The minimum atomic E-state index is 0.638. The lowest BCUT2D eigenvalue weighted by atomic mass is 10.0. The average Bonchev–Trinajstić information content (AvgIpc) is 3.11. The van der Waals surface area contributed by atoms with E-state index in [1.54, 1.807) is 0 Å². The number of rotatable bonds is 21. The van der Waals surface area contributed by atoms with Crippen molar-refractivity contribution in [1.29, 1.82) is 0 Å². The Morgan fingerprint density at radius 3 is 1.17 bits per heavy atom. The molecule has 172 valence electrons. The van der Waals surface area contributed by atoms with E-state index in [2.05, 4.69) is 43.0 Å². The van der Waals surface area contributed by atoms with Crippen LogP contribution in [0, 0.1) is 0 Å². The van der Waals surface area contributed by atoms with Crippen molar-refractivity contribution in [3.05, 3.63) is 12.4 Å². The lowest BCUT2D eigenvalue weighted by Gasteiger charge is -2.33. The summed E-state index contributed by atoms with van der Waals surface area (Å²) >= 11 is 0. The maximum Gasteiger partial charge on any atom is 0.101 e. The van der Waals surface area contributed by atoms with Crippen molar-refractivity contribution in [3.8, 4) is 0 Å². The molecule has 2 heteroatoms. The summed E-state index contributed by atoms with van der Waals surface area (Å²) in [5, 5.41) is 0. The lowest BCUT2D eigenvalue weighted by molar-refractivity contribution is 0.138. The smallest absolute Gasteiger partial charge is 0.101 e. The van der Waals surface area contributed by atoms with Gasteiger partial charge < -0.3 is 9.80 Å². The van der Waals surface area contributed by atoms with Gasteiger partial charge in [0.15, 0.2) is 0 Å². The molecule has 0 aromatic heterocycles. The molecular weight excluding hydrogens is 352 g/mol. The van der Waals surface area contributed by atoms with Crippen LogP contribution in [0.15, 0.2) is 12.4 Å². The Morgan fingerprint density at radius 2 is 0.793 bits per heavy atom. The normalized spacial score (nSPS) is 16.3. The van der Waals surface area contributed by atoms with Crippen molar-refractivity contribution < 1.29 is 0 Å². The van der Waals surface area contributed by atoms with E-state index in [0.29, 0.717) is 6.17 Å². The van der Waals surface area contributed by atoms with Crippen LogP contribution in [0.5, 0.6) is 0 Å². The SMILES string of the molecule is CCCCCCCCCCCCCCCN1C=CN(CCCCCC)C1CCC. The molecule has 0 fully saturated rings. The second-order valence-electron chi connectivity index (χ2n) is 9.35. The van der Waals surface area contributed by atoms with Crippen LogP contribution in [0.1, 0.15) is 143 Å². The van der Waals surface area contributed by atoms with E-state index in [0.717, 1.165) is 0 Å². The molecule has 2 nitrogen and oxygen atoms in total. The molecule has 1 unspecified atom stereocenters. The fourth-order valence-corrected chi connectivity index (χ4v) is 4.63. The summed E-state index contributed by atoms with van der Waals surface area (Å²) in [5.41, 5.74) is 0. The molecule has 1 aliphatic rings. The molecular formula is C27H54N2. The summed E-state index contributed by atoms with van der Waals surface area (Å²) in [5.74, 6) is 0. The molecule has 0 aliphatic carbocycles. The zero-order chi connectivity index (χ0) is 21.0. The highest BCUT2D eigenvalue weighted by molar-refractivity contribution is 4.96. The number of nitrogens with zero attached hydrogens (tertiary/aromatic N) is 2.